The van der Waals surface area contributed by atoms with Gasteiger partial charge in [-0.05, 0) is 31.9 Å². The molecule has 1 aromatic carbocycles. The largest absolute Gasteiger partial charge is 0.470 e. The van der Waals surface area contributed by atoms with Gasteiger partial charge in [0.25, 0.3) is 18.2 Å². The zero-order valence-corrected chi connectivity index (χ0v) is 17.8. The van der Waals surface area contributed by atoms with Crippen LogP contribution in [0.4, 0.5) is 8.78 Å². The van der Waals surface area contributed by atoms with E-state index in [1.807, 2.05) is 13.0 Å². The number of hydrogen-bond acceptors (Lipinski definition) is 6. The average molecular weight is 453 g/mol. The molecule has 0 N–H and O–H groups in total. The fourth-order valence-corrected chi connectivity index (χ4v) is 4.09. The van der Waals surface area contributed by atoms with E-state index < -0.39 is 6.43 Å². The minimum atomic E-state index is -2.66. The predicted octanol–water partition coefficient (Wildman–Crippen LogP) is 3.32. The molecule has 1 aliphatic rings. The number of piperidine rings is 1. The molecule has 33 heavy (non-hydrogen) atoms. The first-order valence-electron chi connectivity index (χ1n) is 10.6. The van der Waals surface area contributed by atoms with E-state index in [4.69, 9.17) is 4.74 Å². The summed E-state index contributed by atoms with van der Waals surface area (Å²) in [6.45, 7) is 2.32. The van der Waals surface area contributed by atoms with Crippen LogP contribution < -0.4 is 4.74 Å². The Morgan fingerprint density at radius 1 is 1.12 bits per heavy atom. The van der Waals surface area contributed by atoms with Crippen molar-refractivity contribution >= 4 is 11.6 Å². The number of aromatic nitrogens is 6. The molecule has 9 nitrogen and oxygen atoms in total. The van der Waals surface area contributed by atoms with Gasteiger partial charge in [-0.15, -0.1) is 0 Å². The molecule has 4 heterocycles. The minimum absolute atomic E-state index is 0.00315. The number of para-hydroxylation sites is 1. The number of halogens is 2. The van der Waals surface area contributed by atoms with Crippen molar-refractivity contribution in [2.45, 2.75) is 38.3 Å². The van der Waals surface area contributed by atoms with Gasteiger partial charge in [0.15, 0.2) is 0 Å². The third-order valence-corrected chi connectivity index (χ3v) is 5.79. The summed E-state index contributed by atoms with van der Waals surface area (Å²) in [7, 11) is 0. The third kappa shape index (κ3) is 3.90. The second kappa shape index (κ2) is 8.57. The zero-order chi connectivity index (χ0) is 22.9. The second-order valence-corrected chi connectivity index (χ2v) is 7.87. The topological polar surface area (TPSA) is 90.4 Å². The predicted molar refractivity (Wildman–Crippen MR) is 113 cm³/mol. The lowest BCUT2D eigenvalue weighted by Crippen LogP contribution is -2.49. The number of hydrogen-bond donors (Lipinski definition) is 0. The van der Waals surface area contributed by atoms with Crippen molar-refractivity contribution in [3.8, 4) is 11.6 Å². The second-order valence-electron chi connectivity index (χ2n) is 7.87. The zero-order valence-electron chi connectivity index (χ0n) is 17.8. The van der Waals surface area contributed by atoms with Crippen LogP contribution in [0.15, 0.2) is 55.2 Å². The first kappa shape index (κ1) is 21.0. The highest BCUT2D eigenvalue weighted by molar-refractivity contribution is 5.98. The van der Waals surface area contributed by atoms with Crippen LogP contribution in [-0.2, 0) is 0 Å². The number of nitrogens with zero attached hydrogens (tertiary/aromatic N) is 7. The van der Waals surface area contributed by atoms with Gasteiger partial charge in [-0.2, -0.15) is 15.0 Å². The fourth-order valence-electron chi connectivity index (χ4n) is 4.09. The van der Waals surface area contributed by atoms with Crippen LogP contribution in [0.1, 0.15) is 42.2 Å². The molecule has 1 fully saturated rings. The van der Waals surface area contributed by atoms with Gasteiger partial charge in [-0.3, -0.25) is 9.20 Å². The van der Waals surface area contributed by atoms with Crippen molar-refractivity contribution in [3.63, 3.8) is 0 Å². The summed E-state index contributed by atoms with van der Waals surface area (Å²) in [4.78, 5) is 24.9. The minimum Gasteiger partial charge on any atom is -0.470 e. The molecular weight excluding hydrogens is 432 g/mol. The Hall–Kier alpha value is -3.89. The van der Waals surface area contributed by atoms with Gasteiger partial charge in [0, 0.05) is 18.4 Å². The van der Waals surface area contributed by atoms with E-state index in [1.165, 1.54) is 21.6 Å². The number of imidazole rings is 1. The molecule has 1 amide bonds. The maximum atomic E-state index is 13.5. The molecule has 1 saturated heterocycles. The molecule has 1 aliphatic heterocycles. The van der Waals surface area contributed by atoms with Crippen LogP contribution in [0.2, 0.25) is 0 Å². The molecule has 0 bridgehead atoms. The molecule has 0 aliphatic carbocycles. The lowest BCUT2D eigenvalue weighted by Gasteiger charge is -2.38. The summed E-state index contributed by atoms with van der Waals surface area (Å²) in [5, 5.41) is 8.29. The van der Waals surface area contributed by atoms with Gasteiger partial charge in [0.05, 0.1) is 36.4 Å². The summed E-state index contributed by atoms with van der Waals surface area (Å²) < 4.78 is 33.8. The number of carbonyl (C=O) groups excluding carboxylic acids is 1. The van der Waals surface area contributed by atoms with Crippen molar-refractivity contribution in [2.75, 3.05) is 6.54 Å². The first-order chi connectivity index (χ1) is 16.0. The van der Waals surface area contributed by atoms with Crippen molar-refractivity contribution in [3.05, 3.63) is 66.5 Å². The van der Waals surface area contributed by atoms with Crippen LogP contribution in [0, 0.1) is 0 Å². The standard InChI is InChI=1S/C22H21F2N7O2/c1-14-6-7-15(33-21-20-26-12-18(19(23)24)29(20)11-10-25-21)13-30(14)22(32)16-4-2-3-5-17(16)31-27-8-9-28-31/h2-5,8-12,14-15,19H,6-7,13H2,1H3/t14-,15-/m1/s1. The summed E-state index contributed by atoms with van der Waals surface area (Å²) in [6, 6.07) is 7.16. The van der Waals surface area contributed by atoms with E-state index in [1.54, 1.807) is 35.5 Å². The molecule has 0 radical (unpaired) electrons. The Balaban J connectivity index is 1.39. The average Bonchev–Trinajstić information content (AvgIpc) is 3.51. The maximum absolute atomic E-state index is 13.5. The SMILES string of the molecule is C[C@@H]1CC[C@@H](Oc2nccn3c(C(F)F)cnc23)CN1C(=O)c1ccccc1-n1nccn1. The van der Waals surface area contributed by atoms with E-state index in [2.05, 4.69) is 20.2 Å². The van der Waals surface area contributed by atoms with E-state index in [-0.39, 0.29) is 35.3 Å². The summed E-state index contributed by atoms with van der Waals surface area (Å²) >= 11 is 0. The normalized spacial score (nSPS) is 18.7. The third-order valence-electron chi connectivity index (χ3n) is 5.79. The number of alkyl halides is 2. The molecule has 3 aromatic heterocycles. The molecule has 0 saturated carbocycles. The van der Waals surface area contributed by atoms with Gasteiger partial charge in [0.1, 0.15) is 11.8 Å². The molecule has 4 aromatic rings. The Kier molecular flexibility index (Phi) is 5.45. The Morgan fingerprint density at radius 3 is 2.70 bits per heavy atom. The number of carbonyl (C=O) groups is 1. The van der Waals surface area contributed by atoms with Gasteiger partial charge in [-0.25, -0.2) is 18.7 Å². The summed E-state index contributed by atoms with van der Waals surface area (Å²) in [5.74, 6) is 0.00755. The molecule has 11 heteroatoms. The van der Waals surface area contributed by atoms with Gasteiger partial charge >= 0.3 is 0 Å². The first-order valence-corrected chi connectivity index (χ1v) is 10.6. The monoisotopic (exact) mass is 453 g/mol. The number of fused-ring (bicyclic) bond motifs is 1. The van der Waals surface area contributed by atoms with Gasteiger partial charge < -0.3 is 9.64 Å². The van der Waals surface area contributed by atoms with Gasteiger partial charge in [0.2, 0.25) is 5.65 Å². The van der Waals surface area contributed by atoms with E-state index in [9.17, 15) is 13.6 Å². The molecular formula is C22H21F2N7O2. The summed E-state index contributed by atoms with van der Waals surface area (Å²) in [6.07, 6.45) is 5.45. The fraction of sp³-hybridized carbons (Fsp3) is 0.318. The molecule has 0 spiro atoms. The van der Waals surface area contributed by atoms with Crippen LogP contribution in [-0.4, -0.2) is 58.9 Å². The lowest BCUT2D eigenvalue weighted by atomic mass is 9.99. The smallest absolute Gasteiger partial charge is 0.280 e. The lowest BCUT2D eigenvalue weighted by molar-refractivity contribution is 0.0375. The number of benzene rings is 1. The van der Waals surface area contributed by atoms with Gasteiger partial charge in [-0.1, -0.05) is 12.1 Å². The number of amides is 1. The summed E-state index contributed by atoms with van der Waals surface area (Å²) in [5.41, 5.74) is 1.07. The van der Waals surface area contributed by atoms with Crippen LogP contribution in [0.5, 0.6) is 5.88 Å². The number of ether oxygens (including phenoxy) is 1. The Bertz CT molecular complexity index is 1270. The quantitative estimate of drug-likeness (QED) is 0.461. The van der Waals surface area contributed by atoms with Crippen molar-refractivity contribution in [1.29, 1.82) is 0 Å². The van der Waals surface area contributed by atoms with Crippen molar-refractivity contribution in [2.24, 2.45) is 0 Å². The van der Waals surface area contributed by atoms with Crippen LogP contribution >= 0.6 is 0 Å². The number of rotatable bonds is 5. The van der Waals surface area contributed by atoms with E-state index >= 15 is 0 Å². The molecule has 2 atom stereocenters. The number of likely N-dealkylation sites (tertiary alicyclic amines) is 1. The highest BCUT2D eigenvalue weighted by Crippen LogP contribution is 2.28. The molecule has 170 valence electrons. The Labute approximate surface area is 187 Å². The van der Waals surface area contributed by atoms with Crippen LogP contribution in [0.3, 0.4) is 0 Å². The highest BCUT2D eigenvalue weighted by Gasteiger charge is 2.32. The maximum Gasteiger partial charge on any atom is 0.280 e. The van der Waals surface area contributed by atoms with Crippen molar-refractivity contribution in [1.82, 2.24) is 34.3 Å². The highest BCUT2D eigenvalue weighted by atomic mass is 19.3. The molecule has 5 rings (SSSR count). The van der Waals surface area contributed by atoms with Crippen molar-refractivity contribution < 1.29 is 18.3 Å². The molecule has 0 unspecified atom stereocenters. The van der Waals surface area contributed by atoms with E-state index in [0.29, 0.717) is 24.2 Å². The Morgan fingerprint density at radius 2 is 1.91 bits per heavy atom. The van der Waals surface area contributed by atoms with E-state index in [0.717, 1.165) is 12.6 Å². The van der Waals surface area contributed by atoms with Crippen LogP contribution in [0.25, 0.3) is 11.3 Å².